The summed E-state index contributed by atoms with van der Waals surface area (Å²) in [5.74, 6) is -0.526. The van der Waals surface area contributed by atoms with Crippen LogP contribution in [-0.4, -0.2) is 47.5 Å². The molecule has 5 nitrogen and oxygen atoms in total. The number of ether oxygens (including phenoxy) is 1. The maximum Gasteiger partial charge on any atom is 0.410 e. The lowest BCUT2D eigenvalue weighted by molar-refractivity contribution is -0.136. The summed E-state index contributed by atoms with van der Waals surface area (Å²) in [7, 11) is 1.73. The zero-order valence-electron chi connectivity index (χ0n) is 15.4. The van der Waals surface area contributed by atoms with E-state index in [0.717, 1.165) is 18.4 Å². The third-order valence-corrected chi connectivity index (χ3v) is 4.13. The minimum atomic E-state index is -0.548. The molecule has 0 spiro atoms. The van der Waals surface area contributed by atoms with Gasteiger partial charge in [0.2, 0.25) is 5.91 Å². The van der Waals surface area contributed by atoms with Crippen molar-refractivity contribution in [2.45, 2.75) is 45.8 Å². The molecule has 0 radical (unpaired) electrons. The molecule has 1 aromatic rings. The third-order valence-electron chi connectivity index (χ3n) is 4.13. The predicted octanol–water partition coefficient (Wildman–Crippen LogP) is 3.43. The molecule has 1 atom stereocenters. The first-order valence-corrected chi connectivity index (χ1v) is 8.63. The fourth-order valence-electron chi connectivity index (χ4n) is 2.92. The Morgan fingerprint density at radius 1 is 1.28 bits per heavy atom. The van der Waals surface area contributed by atoms with E-state index in [-0.39, 0.29) is 23.7 Å². The smallest absolute Gasteiger partial charge is 0.410 e. The fourth-order valence-corrected chi connectivity index (χ4v) is 2.92. The Kier molecular flexibility index (Phi) is 6.03. The first kappa shape index (κ1) is 19.2. The van der Waals surface area contributed by atoms with Gasteiger partial charge in [-0.25, -0.2) is 9.18 Å². The van der Waals surface area contributed by atoms with E-state index in [4.69, 9.17) is 4.74 Å². The SMILES string of the molecule is CN(Cc1ccc(F)cc1)C(=O)[C@H]1CCCN(C(=O)OC(C)(C)C)C1. The van der Waals surface area contributed by atoms with Crippen LogP contribution in [0.25, 0.3) is 0 Å². The molecule has 138 valence electrons. The molecule has 1 saturated heterocycles. The molecule has 25 heavy (non-hydrogen) atoms. The molecule has 0 unspecified atom stereocenters. The average molecular weight is 350 g/mol. The van der Waals surface area contributed by atoms with Crippen LogP contribution in [0.1, 0.15) is 39.2 Å². The summed E-state index contributed by atoms with van der Waals surface area (Å²) in [6, 6.07) is 6.12. The van der Waals surface area contributed by atoms with Gasteiger partial charge in [-0.3, -0.25) is 4.79 Å². The van der Waals surface area contributed by atoms with Crippen molar-refractivity contribution < 1.29 is 18.7 Å². The number of benzene rings is 1. The number of rotatable bonds is 3. The molecule has 0 aliphatic carbocycles. The van der Waals surface area contributed by atoms with Gasteiger partial charge in [0.1, 0.15) is 11.4 Å². The van der Waals surface area contributed by atoms with Crippen molar-refractivity contribution in [2.75, 3.05) is 20.1 Å². The Bertz CT molecular complexity index is 610. The molecule has 0 aromatic heterocycles. The summed E-state index contributed by atoms with van der Waals surface area (Å²) < 4.78 is 18.4. The van der Waals surface area contributed by atoms with E-state index < -0.39 is 5.60 Å². The number of carbonyl (C=O) groups is 2. The van der Waals surface area contributed by atoms with Crippen molar-refractivity contribution in [1.82, 2.24) is 9.80 Å². The largest absolute Gasteiger partial charge is 0.444 e. The number of piperidine rings is 1. The Labute approximate surface area is 148 Å². The molecule has 1 aromatic carbocycles. The van der Waals surface area contributed by atoms with Gasteiger partial charge in [-0.2, -0.15) is 0 Å². The van der Waals surface area contributed by atoms with Gasteiger partial charge >= 0.3 is 6.09 Å². The summed E-state index contributed by atoms with van der Waals surface area (Å²) in [4.78, 5) is 28.2. The van der Waals surface area contributed by atoms with E-state index in [1.807, 2.05) is 20.8 Å². The predicted molar refractivity (Wildman–Crippen MR) is 93.4 cm³/mol. The average Bonchev–Trinajstić information content (AvgIpc) is 2.55. The van der Waals surface area contributed by atoms with Gasteiger partial charge in [0.15, 0.2) is 0 Å². The molecule has 6 heteroatoms. The lowest BCUT2D eigenvalue weighted by Gasteiger charge is -2.35. The Morgan fingerprint density at radius 2 is 1.92 bits per heavy atom. The van der Waals surface area contributed by atoms with Crippen molar-refractivity contribution in [2.24, 2.45) is 5.92 Å². The summed E-state index contributed by atoms with van der Waals surface area (Å²) >= 11 is 0. The zero-order valence-corrected chi connectivity index (χ0v) is 15.4. The van der Waals surface area contributed by atoms with E-state index in [2.05, 4.69) is 0 Å². The van der Waals surface area contributed by atoms with E-state index >= 15 is 0 Å². The summed E-state index contributed by atoms with van der Waals surface area (Å²) in [5, 5.41) is 0. The van der Waals surface area contributed by atoms with Gasteiger partial charge in [-0.05, 0) is 51.3 Å². The molecule has 0 bridgehead atoms. The van der Waals surface area contributed by atoms with Gasteiger partial charge in [0.05, 0.1) is 5.92 Å². The third kappa shape index (κ3) is 5.73. The fraction of sp³-hybridized carbons (Fsp3) is 0.579. The highest BCUT2D eigenvalue weighted by atomic mass is 19.1. The monoisotopic (exact) mass is 350 g/mol. The van der Waals surface area contributed by atoms with Crippen molar-refractivity contribution in [3.05, 3.63) is 35.6 Å². The van der Waals surface area contributed by atoms with Crippen molar-refractivity contribution in [3.63, 3.8) is 0 Å². The molecule has 0 saturated carbocycles. The van der Waals surface area contributed by atoms with E-state index in [1.165, 1.54) is 12.1 Å². The van der Waals surface area contributed by atoms with Crippen molar-refractivity contribution in [1.29, 1.82) is 0 Å². The molecule has 2 rings (SSSR count). The molecule has 1 aliphatic rings. The van der Waals surface area contributed by atoms with Crippen LogP contribution in [0.2, 0.25) is 0 Å². The number of likely N-dealkylation sites (tertiary alicyclic amines) is 1. The van der Waals surface area contributed by atoms with Gasteiger partial charge < -0.3 is 14.5 Å². The highest BCUT2D eigenvalue weighted by Gasteiger charge is 2.32. The summed E-state index contributed by atoms with van der Waals surface area (Å²) in [6.07, 6.45) is 1.16. The van der Waals surface area contributed by atoms with E-state index in [9.17, 15) is 14.0 Å². The minimum absolute atomic E-state index is 0.00224. The summed E-state index contributed by atoms with van der Waals surface area (Å²) in [5.41, 5.74) is 0.324. The van der Waals surface area contributed by atoms with Crippen LogP contribution in [0, 0.1) is 11.7 Å². The molecule has 1 fully saturated rings. The molecule has 0 N–H and O–H groups in total. The van der Waals surface area contributed by atoms with Crippen LogP contribution >= 0.6 is 0 Å². The second kappa shape index (κ2) is 7.85. The Hall–Kier alpha value is -2.11. The maximum atomic E-state index is 13.0. The normalized spacial score (nSPS) is 18.0. The van der Waals surface area contributed by atoms with Gasteiger partial charge in [0.25, 0.3) is 0 Å². The van der Waals surface area contributed by atoms with E-state index in [0.29, 0.717) is 19.6 Å². The van der Waals surface area contributed by atoms with Crippen LogP contribution in [0.3, 0.4) is 0 Å². The highest BCUT2D eigenvalue weighted by molar-refractivity contribution is 5.80. The first-order valence-electron chi connectivity index (χ1n) is 8.63. The standard InChI is InChI=1S/C19H27FN2O3/c1-19(2,3)25-18(24)22-11-5-6-15(13-22)17(23)21(4)12-14-7-9-16(20)10-8-14/h7-10,15H,5-6,11-13H2,1-4H3/t15-/m0/s1. The van der Waals surface area contributed by atoms with Crippen molar-refractivity contribution >= 4 is 12.0 Å². The van der Waals surface area contributed by atoms with E-state index in [1.54, 1.807) is 29.0 Å². The Morgan fingerprint density at radius 3 is 2.52 bits per heavy atom. The van der Waals surface area contributed by atoms with Crippen LogP contribution in [0.4, 0.5) is 9.18 Å². The topological polar surface area (TPSA) is 49.9 Å². The van der Waals surface area contributed by atoms with Gasteiger partial charge in [-0.1, -0.05) is 12.1 Å². The maximum absolute atomic E-state index is 13.0. The second-order valence-electron chi connectivity index (χ2n) is 7.59. The second-order valence-corrected chi connectivity index (χ2v) is 7.59. The zero-order chi connectivity index (χ0) is 18.6. The lowest BCUT2D eigenvalue weighted by atomic mass is 9.96. The quantitative estimate of drug-likeness (QED) is 0.839. The van der Waals surface area contributed by atoms with Crippen molar-refractivity contribution in [3.8, 4) is 0 Å². The molecule has 1 heterocycles. The Balaban J connectivity index is 1.94. The number of carbonyl (C=O) groups excluding carboxylic acids is 2. The number of hydrogen-bond donors (Lipinski definition) is 0. The molecular weight excluding hydrogens is 323 g/mol. The molecular formula is C19H27FN2O3. The van der Waals surface area contributed by atoms with Crippen LogP contribution in [0.5, 0.6) is 0 Å². The molecule has 2 amide bonds. The van der Waals surface area contributed by atoms with Crippen LogP contribution in [0.15, 0.2) is 24.3 Å². The highest BCUT2D eigenvalue weighted by Crippen LogP contribution is 2.21. The van der Waals surface area contributed by atoms with Crippen LogP contribution < -0.4 is 0 Å². The van der Waals surface area contributed by atoms with Gasteiger partial charge in [-0.15, -0.1) is 0 Å². The lowest BCUT2D eigenvalue weighted by Crippen LogP contribution is -2.47. The van der Waals surface area contributed by atoms with Gasteiger partial charge in [0, 0.05) is 26.7 Å². The number of hydrogen-bond acceptors (Lipinski definition) is 3. The number of nitrogens with zero attached hydrogens (tertiary/aromatic N) is 2. The molecule has 1 aliphatic heterocycles. The first-order chi connectivity index (χ1) is 11.7. The summed E-state index contributed by atoms with van der Waals surface area (Å²) in [6.45, 7) is 6.89. The number of amides is 2. The number of halogens is 1. The van der Waals surface area contributed by atoms with Crippen LogP contribution in [-0.2, 0) is 16.1 Å². The minimum Gasteiger partial charge on any atom is -0.444 e.